The second-order valence-corrected chi connectivity index (χ2v) is 1.89. The molecule has 60 valence electrons. The van der Waals surface area contributed by atoms with Crippen LogP contribution < -0.4 is 5.48 Å². The van der Waals surface area contributed by atoms with Crippen molar-refractivity contribution in [2.75, 3.05) is 19.8 Å². The average Bonchev–Trinajstić information content (AvgIpc) is 2.71. The van der Waals surface area contributed by atoms with Crippen LogP contribution in [0.2, 0.25) is 0 Å². The molecule has 1 rings (SSSR count). The van der Waals surface area contributed by atoms with E-state index in [9.17, 15) is 0 Å². The number of ether oxygens (including phenoxy) is 1. The van der Waals surface area contributed by atoms with Crippen molar-refractivity contribution in [3.8, 4) is 0 Å². The van der Waals surface area contributed by atoms with Crippen LogP contribution in [0.3, 0.4) is 0 Å². The Morgan fingerprint density at radius 3 is 3.10 bits per heavy atom. The Kier molecular flexibility index (Phi) is 3.63. The van der Waals surface area contributed by atoms with E-state index >= 15 is 0 Å². The van der Waals surface area contributed by atoms with Gasteiger partial charge in [-0.25, -0.2) is 4.89 Å². The maximum atomic E-state index is 4.83. The summed E-state index contributed by atoms with van der Waals surface area (Å²) in [7, 11) is 0. The Labute approximate surface area is 59.0 Å². The maximum absolute atomic E-state index is 4.83. The highest BCUT2D eigenvalue weighted by Gasteiger charge is 2.22. The van der Waals surface area contributed by atoms with Crippen molar-refractivity contribution in [3.05, 3.63) is 0 Å². The Morgan fingerprint density at radius 2 is 2.50 bits per heavy atom. The van der Waals surface area contributed by atoms with E-state index in [1.54, 1.807) is 0 Å². The van der Waals surface area contributed by atoms with Crippen molar-refractivity contribution < 1.29 is 19.7 Å². The summed E-state index contributed by atoms with van der Waals surface area (Å²) in [5, 5.41) is 4.23. The van der Waals surface area contributed by atoms with Gasteiger partial charge in [0.15, 0.2) is 0 Å². The van der Waals surface area contributed by atoms with Crippen LogP contribution in [-0.2, 0) is 19.7 Å². The van der Waals surface area contributed by atoms with Crippen molar-refractivity contribution in [1.29, 1.82) is 0 Å². The first-order valence-corrected chi connectivity index (χ1v) is 3.23. The zero-order valence-electron chi connectivity index (χ0n) is 5.83. The van der Waals surface area contributed by atoms with Crippen molar-refractivity contribution >= 4 is 0 Å². The van der Waals surface area contributed by atoms with Crippen LogP contribution in [0.15, 0.2) is 0 Å². The van der Waals surface area contributed by atoms with Crippen LogP contribution in [0.4, 0.5) is 0 Å². The van der Waals surface area contributed by atoms with Gasteiger partial charge in [-0.15, -0.1) is 4.99 Å². The quantitative estimate of drug-likeness (QED) is 0.245. The Morgan fingerprint density at radius 1 is 1.70 bits per heavy atom. The zero-order valence-corrected chi connectivity index (χ0v) is 5.83. The molecular weight excluding hydrogens is 138 g/mol. The number of epoxide rings is 1. The van der Waals surface area contributed by atoms with Crippen LogP contribution in [0, 0.1) is 0 Å². The highest BCUT2D eigenvalue weighted by Crippen LogP contribution is 2.08. The lowest BCUT2D eigenvalue weighted by Crippen LogP contribution is -2.15. The van der Waals surface area contributed by atoms with E-state index in [1.165, 1.54) is 0 Å². The summed E-state index contributed by atoms with van der Waals surface area (Å²) < 4.78 is 4.83. The third kappa shape index (κ3) is 3.76. The molecule has 1 saturated heterocycles. The fourth-order valence-electron chi connectivity index (χ4n) is 0.375. The molecule has 0 saturated carbocycles. The van der Waals surface area contributed by atoms with Gasteiger partial charge in [0.05, 0.1) is 6.61 Å². The molecule has 0 spiro atoms. The van der Waals surface area contributed by atoms with Crippen LogP contribution in [-0.4, -0.2) is 25.9 Å². The van der Waals surface area contributed by atoms with E-state index < -0.39 is 0 Å². The number of rotatable bonds is 6. The molecule has 5 heteroatoms. The molecule has 0 aliphatic carbocycles. The minimum Gasteiger partial charge on any atom is -0.370 e. The van der Waals surface area contributed by atoms with Gasteiger partial charge in [-0.1, -0.05) is 6.92 Å². The predicted molar refractivity (Wildman–Crippen MR) is 31.5 cm³/mol. The van der Waals surface area contributed by atoms with Gasteiger partial charge in [-0.2, -0.15) is 5.48 Å². The molecule has 1 atom stereocenters. The monoisotopic (exact) mass is 149 g/mol. The molecule has 0 aromatic heterocycles. The van der Waals surface area contributed by atoms with Crippen molar-refractivity contribution in [1.82, 2.24) is 5.48 Å². The molecule has 1 fully saturated rings. The van der Waals surface area contributed by atoms with E-state index in [1.807, 2.05) is 6.92 Å². The fourth-order valence-corrected chi connectivity index (χ4v) is 0.375. The standard InChI is InChI=1S/C5H11NO4/c1-2-6-9-10-8-4-5-3-7-5/h5-6H,2-4H2,1H3. The molecule has 1 unspecified atom stereocenters. The highest BCUT2D eigenvalue weighted by molar-refractivity contribution is 4.65. The molecule has 0 aromatic carbocycles. The van der Waals surface area contributed by atoms with E-state index in [0.29, 0.717) is 13.2 Å². The van der Waals surface area contributed by atoms with Gasteiger partial charge < -0.3 is 4.74 Å². The summed E-state index contributed by atoms with van der Waals surface area (Å²) >= 11 is 0. The van der Waals surface area contributed by atoms with Gasteiger partial charge in [0, 0.05) is 6.54 Å². The summed E-state index contributed by atoms with van der Waals surface area (Å²) in [4.78, 5) is 8.88. The molecule has 5 nitrogen and oxygen atoms in total. The van der Waals surface area contributed by atoms with Crippen LogP contribution in [0.1, 0.15) is 6.92 Å². The molecule has 0 radical (unpaired) electrons. The van der Waals surface area contributed by atoms with Crippen LogP contribution >= 0.6 is 0 Å². The molecule has 10 heavy (non-hydrogen) atoms. The van der Waals surface area contributed by atoms with Crippen LogP contribution in [0.5, 0.6) is 0 Å². The van der Waals surface area contributed by atoms with Gasteiger partial charge in [-0.3, -0.25) is 0 Å². The second kappa shape index (κ2) is 4.59. The molecule has 0 amide bonds. The van der Waals surface area contributed by atoms with Crippen molar-refractivity contribution in [2.24, 2.45) is 0 Å². The van der Waals surface area contributed by atoms with Gasteiger partial charge in [0.2, 0.25) is 0 Å². The third-order valence-electron chi connectivity index (χ3n) is 0.942. The summed E-state index contributed by atoms with van der Waals surface area (Å²) in [6, 6.07) is 0. The minimum absolute atomic E-state index is 0.199. The first kappa shape index (κ1) is 7.90. The average molecular weight is 149 g/mol. The van der Waals surface area contributed by atoms with E-state index in [0.717, 1.165) is 6.61 Å². The topological polar surface area (TPSA) is 52.2 Å². The predicted octanol–water partition coefficient (Wildman–Crippen LogP) is -0.211. The number of nitrogens with one attached hydrogen (secondary N) is 1. The summed E-state index contributed by atoms with van der Waals surface area (Å²) in [5.41, 5.74) is 2.45. The molecule has 1 aliphatic rings. The first-order valence-electron chi connectivity index (χ1n) is 3.23. The molecule has 0 aromatic rings. The molecular formula is C5H11NO4. The van der Waals surface area contributed by atoms with Gasteiger partial charge in [-0.05, 0) is 5.04 Å². The maximum Gasteiger partial charge on any atom is 0.114 e. The second-order valence-electron chi connectivity index (χ2n) is 1.89. The smallest absolute Gasteiger partial charge is 0.114 e. The molecule has 1 N–H and O–H groups in total. The lowest BCUT2D eigenvalue weighted by Gasteiger charge is -1.99. The van der Waals surface area contributed by atoms with Gasteiger partial charge >= 0.3 is 0 Å². The number of hydrogen-bond donors (Lipinski definition) is 1. The SMILES string of the molecule is CCNOOOCC1CO1. The molecule has 1 heterocycles. The largest absolute Gasteiger partial charge is 0.370 e. The van der Waals surface area contributed by atoms with E-state index in [-0.39, 0.29) is 6.10 Å². The highest BCUT2D eigenvalue weighted by atomic mass is 17.5. The first-order chi connectivity index (χ1) is 4.93. The Bertz CT molecular complexity index is 85.7. The summed E-state index contributed by atoms with van der Waals surface area (Å²) in [5.74, 6) is 0. The third-order valence-corrected chi connectivity index (χ3v) is 0.942. The van der Waals surface area contributed by atoms with E-state index in [2.05, 4.69) is 20.4 Å². The lowest BCUT2D eigenvalue weighted by atomic mass is 10.5. The lowest BCUT2D eigenvalue weighted by molar-refractivity contribution is -0.534. The fraction of sp³-hybridized carbons (Fsp3) is 1.00. The van der Waals surface area contributed by atoms with Crippen LogP contribution in [0.25, 0.3) is 0 Å². The minimum atomic E-state index is 0.199. The number of hydrogen-bond acceptors (Lipinski definition) is 5. The zero-order chi connectivity index (χ0) is 7.23. The normalized spacial score (nSPS) is 23.1. The van der Waals surface area contributed by atoms with Gasteiger partial charge in [0.25, 0.3) is 0 Å². The van der Waals surface area contributed by atoms with Gasteiger partial charge in [0.1, 0.15) is 12.7 Å². The Hall–Kier alpha value is -0.200. The number of hydroxylamine groups is 1. The molecule has 1 aliphatic heterocycles. The van der Waals surface area contributed by atoms with E-state index in [4.69, 9.17) is 4.74 Å². The van der Waals surface area contributed by atoms with Crippen molar-refractivity contribution in [2.45, 2.75) is 13.0 Å². The summed E-state index contributed by atoms with van der Waals surface area (Å²) in [6.07, 6.45) is 0.199. The van der Waals surface area contributed by atoms with Crippen molar-refractivity contribution in [3.63, 3.8) is 0 Å². The molecule has 0 bridgehead atoms. The Balaban J connectivity index is 1.68. The summed E-state index contributed by atoms with van der Waals surface area (Å²) in [6.45, 7) is 3.73.